The lowest BCUT2D eigenvalue weighted by molar-refractivity contribution is -0.135. The van der Waals surface area contributed by atoms with Crippen molar-refractivity contribution in [3.8, 4) is 0 Å². The van der Waals surface area contributed by atoms with Crippen molar-refractivity contribution < 1.29 is 18.0 Å². The van der Waals surface area contributed by atoms with Gasteiger partial charge < -0.3 is 9.73 Å². The zero-order chi connectivity index (χ0) is 17.7. The molecule has 2 saturated carbocycles. The summed E-state index contributed by atoms with van der Waals surface area (Å²) in [6.07, 6.45) is 3.57. The maximum atomic E-state index is 13.0. The fourth-order valence-corrected chi connectivity index (χ4v) is 5.01. The molecule has 1 amide bonds. The van der Waals surface area contributed by atoms with Crippen LogP contribution in [-0.4, -0.2) is 35.9 Å². The van der Waals surface area contributed by atoms with Crippen molar-refractivity contribution in [1.82, 2.24) is 10.2 Å². The smallest absolute Gasteiger partial charge is 0.252 e. The van der Waals surface area contributed by atoms with Crippen molar-refractivity contribution >= 4 is 5.91 Å². The van der Waals surface area contributed by atoms with Crippen molar-refractivity contribution in [3.63, 3.8) is 0 Å². The predicted molar refractivity (Wildman–Crippen MR) is 89.2 cm³/mol. The minimum absolute atomic E-state index is 0.00584. The highest BCUT2D eigenvalue weighted by Crippen LogP contribution is 2.50. The first-order chi connectivity index (χ1) is 11.9. The Morgan fingerprint density at radius 2 is 2.16 bits per heavy atom. The van der Waals surface area contributed by atoms with Gasteiger partial charge in [-0.05, 0) is 50.3 Å². The first-order valence-corrected chi connectivity index (χ1v) is 9.31. The van der Waals surface area contributed by atoms with Gasteiger partial charge in [0.25, 0.3) is 5.92 Å². The molecule has 2 atom stereocenters. The molecule has 4 rings (SSSR count). The van der Waals surface area contributed by atoms with Gasteiger partial charge in [0.15, 0.2) is 0 Å². The lowest BCUT2D eigenvalue weighted by atomic mass is 9.76. The number of rotatable bonds is 4. The molecule has 1 aliphatic heterocycles. The maximum absolute atomic E-state index is 13.0. The number of hydrogen-bond donors (Lipinski definition) is 1. The zero-order valence-corrected chi connectivity index (χ0v) is 14.7. The van der Waals surface area contributed by atoms with Crippen LogP contribution in [0.15, 0.2) is 16.5 Å². The van der Waals surface area contributed by atoms with Crippen LogP contribution < -0.4 is 5.32 Å². The average molecular weight is 352 g/mol. The van der Waals surface area contributed by atoms with E-state index in [1.807, 2.05) is 19.1 Å². The summed E-state index contributed by atoms with van der Waals surface area (Å²) in [5.74, 6) is -0.750. The van der Waals surface area contributed by atoms with Crippen LogP contribution in [0.5, 0.6) is 0 Å². The van der Waals surface area contributed by atoms with E-state index in [4.69, 9.17) is 4.42 Å². The number of likely N-dealkylation sites (tertiary alicyclic amines) is 1. The van der Waals surface area contributed by atoms with Gasteiger partial charge >= 0.3 is 0 Å². The van der Waals surface area contributed by atoms with Crippen LogP contribution in [0.1, 0.15) is 50.0 Å². The number of carbonyl (C=O) groups excluding carboxylic acids is 1. The average Bonchev–Trinajstić information content (AvgIpc) is 3.20. The van der Waals surface area contributed by atoms with Crippen molar-refractivity contribution in [2.24, 2.45) is 11.3 Å². The molecule has 1 aromatic rings. The molecular formula is C19H26F2N2O2. The van der Waals surface area contributed by atoms with Gasteiger partial charge in [-0.25, -0.2) is 8.78 Å². The number of alkyl halides is 2. The zero-order valence-electron chi connectivity index (χ0n) is 14.7. The molecule has 3 aliphatic rings. The molecule has 1 spiro atoms. The Labute approximate surface area is 146 Å². The molecule has 0 aromatic carbocycles. The Bertz CT molecular complexity index is 652. The number of halogens is 2. The van der Waals surface area contributed by atoms with E-state index in [-0.39, 0.29) is 36.1 Å². The van der Waals surface area contributed by atoms with E-state index in [2.05, 4.69) is 10.2 Å². The highest BCUT2D eigenvalue weighted by molar-refractivity contribution is 5.80. The van der Waals surface area contributed by atoms with Crippen molar-refractivity contribution in [3.05, 3.63) is 23.7 Å². The number of nitrogens with zero attached hydrogens (tertiary/aromatic N) is 1. The van der Waals surface area contributed by atoms with Crippen molar-refractivity contribution in [2.45, 2.75) is 64.0 Å². The van der Waals surface area contributed by atoms with Crippen LogP contribution in [-0.2, 0) is 11.3 Å². The van der Waals surface area contributed by atoms with Gasteiger partial charge in [-0.3, -0.25) is 9.69 Å². The summed E-state index contributed by atoms with van der Waals surface area (Å²) in [7, 11) is 0. The third kappa shape index (κ3) is 3.33. The quantitative estimate of drug-likeness (QED) is 0.902. The molecule has 3 fully saturated rings. The Kier molecular flexibility index (Phi) is 4.13. The number of carbonyl (C=O) groups is 1. The van der Waals surface area contributed by atoms with Crippen molar-refractivity contribution in [1.29, 1.82) is 0 Å². The number of amides is 1. The van der Waals surface area contributed by atoms with Crippen LogP contribution in [0.3, 0.4) is 0 Å². The third-order valence-corrected chi connectivity index (χ3v) is 6.30. The molecular weight excluding hydrogens is 326 g/mol. The van der Waals surface area contributed by atoms with Crippen LogP contribution in [0.25, 0.3) is 0 Å². The van der Waals surface area contributed by atoms with E-state index in [1.165, 1.54) is 0 Å². The summed E-state index contributed by atoms with van der Waals surface area (Å²) in [5.41, 5.74) is 0.0119. The van der Waals surface area contributed by atoms with E-state index in [0.29, 0.717) is 0 Å². The first kappa shape index (κ1) is 17.0. The topological polar surface area (TPSA) is 45.5 Å². The Morgan fingerprint density at radius 3 is 2.84 bits per heavy atom. The van der Waals surface area contributed by atoms with Gasteiger partial charge in [-0.1, -0.05) is 6.42 Å². The maximum Gasteiger partial charge on any atom is 0.252 e. The molecule has 1 aromatic heterocycles. The van der Waals surface area contributed by atoms with Crippen LogP contribution in [0, 0.1) is 18.3 Å². The minimum atomic E-state index is -2.59. The summed E-state index contributed by atoms with van der Waals surface area (Å²) in [6, 6.07) is 3.64. The fraction of sp³-hybridized carbons (Fsp3) is 0.737. The van der Waals surface area contributed by atoms with Crippen LogP contribution >= 0.6 is 0 Å². The van der Waals surface area contributed by atoms with E-state index in [1.54, 1.807) is 0 Å². The van der Waals surface area contributed by atoms with Crippen LogP contribution in [0.4, 0.5) is 8.78 Å². The molecule has 0 radical (unpaired) electrons. The summed E-state index contributed by atoms with van der Waals surface area (Å²) in [5, 5.41) is 2.88. The molecule has 1 saturated heterocycles. The largest absolute Gasteiger partial charge is 0.465 e. The summed E-state index contributed by atoms with van der Waals surface area (Å²) >= 11 is 0. The lowest BCUT2D eigenvalue weighted by Gasteiger charge is -2.38. The standard InChI is InChI=1S/C19H26F2N2O2/c1-13-4-5-15(25-13)11-23-8-7-18(12-23)6-2-3-16(18)17(24)22-14-9-19(20,21)10-14/h4-5,14,16H,2-3,6-12H2,1H3,(H,22,24)/t16-,18-/m1/s1. The van der Waals surface area contributed by atoms with Crippen molar-refractivity contribution in [2.75, 3.05) is 13.1 Å². The second-order valence-corrected chi connectivity index (χ2v) is 8.25. The number of furan rings is 1. The number of hydrogen-bond acceptors (Lipinski definition) is 3. The SMILES string of the molecule is Cc1ccc(CN2CC[C@]3(CCC[C@@H]3C(=O)NC3CC(F)(F)C3)C2)o1. The molecule has 4 nitrogen and oxygen atoms in total. The van der Waals surface area contributed by atoms with Gasteiger partial charge in [0.1, 0.15) is 11.5 Å². The Balaban J connectivity index is 1.36. The van der Waals surface area contributed by atoms with Gasteiger partial charge in [-0.2, -0.15) is 0 Å². The molecule has 25 heavy (non-hydrogen) atoms. The monoisotopic (exact) mass is 352 g/mol. The van der Waals surface area contributed by atoms with E-state index < -0.39 is 5.92 Å². The normalized spacial score (nSPS) is 32.2. The number of aryl methyl sites for hydroxylation is 1. The first-order valence-electron chi connectivity index (χ1n) is 9.31. The molecule has 0 unspecified atom stereocenters. The molecule has 6 heteroatoms. The Hall–Kier alpha value is -1.43. The lowest BCUT2D eigenvalue weighted by Crippen LogP contribution is -2.53. The summed E-state index contributed by atoms with van der Waals surface area (Å²) < 4.78 is 31.7. The fourth-order valence-electron chi connectivity index (χ4n) is 5.01. The van der Waals surface area contributed by atoms with Gasteiger partial charge in [0, 0.05) is 31.3 Å². The van der Waals surface area contributed by atoms with Crippen LogP contribution in [0.2, 0.25) is 0 Å². The highest BCUT2D eigenvalue weighted by atomic mass is 19.3. The summed E-state index contributed by atoms with van der Waals surface area (Å²) in [4.78, 5) is 15.1. The minimum Gasteiger partial charge on any atom is -0.465 e. The second-order valence-electron chi connectivity index (χ2n) is 8.25. The molecule has 2 heterocycles. The second kappa shape index (κ2) is 6.08. The van der Waals surface area contributed by atoms with E-state index in [0.717, 1.165) is 56.8 Å². The molecule has 2 aliphatic carbocycles. The molecule has 0 bridgehead atoms. The molecule has 138 valence electrons. The predicted octanol–water partition coefficient (Wildman–Crippen LogP) is 3.49. The Morgan fingerprint density at radius 1 is 1.36 bits per heavy atom. The van der Waals surface area contributed by atoms with Gasteiger partial charge in [0.2, 0.25) is 5.91 Å². The third-order valence-electron chi connectivity index (χ3n) is 6.30. The van der Waals surface area contributed by atoms with Gasteiger partial charge in [0.05, 0.1) is 6.54 Å². The highest BCUT2D eigenvalue weighted by Gasteiger charge is 2.52. The van der Waals surface area contributed by atoms with E-state index in [9.17, 15) is 13.6 Å². The van der Waals surface area contributed by atoms with Gasteiger partial charge in [-0.15, -0.1) is 0 Å². The molecule has 1 N–H and O–H groups in total. The van der Waals surface area contributed by atoms with E-state index >= 15 is 0 Å². The number of nitrogens with one attached hydrogen (secondary N) is 1. The summed E-state index contributed by atoms with van der Waals surface area (Å²) in [6.45, 7) is 4.58.